The third kappa shape index (κ3) is 2.19. The molecule has 0 spiro atoms. The maximum absolute atomic E-state index is 12.1. The van der Waals surface area contributed by atoms with Gasteiger partial charge in [0, 0.05) is 0 Å². The van der Waals surface area contributed by atoms with Crippen LogP contribution in [0, 0.1) is 0 Å². The first-order valence-electron chi connectivity index (χ1n) is 5.44. The smallest absolute Gasteiger partial charge is 0.262 e. The van der Waals surface area contributed by atoms with E-state index < -0.39 is 28.9 Å². The largest absolute Gasteiger partial charge is 0.486 e. The Balaban J connectivity index is 2.29. The SMILES string of the molecule is CC(C(=O)NC(O)=S)N1C(=O)c2ccccc2C1=O. The first-order chi connectivity index (χ1) is 8.93. The number of amides is 3. The van der Waals surface area contributed by atoms with Gasteiger partial charge in [0.15, 0.2) is 0 Å². The molecule has 1 aromatic carbocycles. The van der Waals surface area contributed by atoms with E-state index in [9.17, 15) is 14.4 Å². The van der Waals surface area contributed by atoms with Crippen molar-refractivity contribution in [3.05, 3.63) is 35.4 Å². The number of hydrogen-bond acceptors (Lipinski definition) is 4. The van der Waals surface area contributed by atoms with Crippen LogP contribution in [0.3, 0.4) is 0 Å². The molecule has 1 atom stereocenters. The Morgan fingerprint density at radius 3 is 2.16 bits per heavy atom. The number of imide groups is 1. The highest BCUT2D eigenvalue weighted by Gasteiger charge is 2.40. The van der Waals surface area contributed by atoms with Crippen LogP contribution in [0.4, 0.5) is 0 Å². The molecular formula is C12H10N2O4S. The van der Waals surface area contributed by atoms with Gasteiger partial charge in [-0.2, -0.15) is 0 Å². The van der Waals surface area contributed by atoms with Gasteiger partial charge in [-0.25, -0.2) is 0 Å². The molecule has 19 heavy (non-hydrogen) atoms. The fourth-order valence-corrected chi connectivity index (χ4v) is 1.99. The molecule has 0 aromatic heterocycles. The molecule has 0 radical (unpaired) electrons. The van der Waals surface area contributed by atoms with Gasteiger partial charge in [-0.1, -0.05) is 12.1 Å². The average molecular weight is 278 g/mol. The summed E-state index contributed by atoms with van der Waals surface area (Å²) < 4.78 is 0. The summed E-state index contributed by atoms with van der Waals surface area (Å²) in [4.78, 5) is 36.7. The average Bonchev–Trinajstić information content (AvgIpc) is 2.61. The lowest BCUT2D eigenvalue weighted by Crippen LogP contribution is -2.48. The van der Waals surface area contributed by atoms with Crippen LogP contribution < -0.4 is 5.32 Å². The fraction of sp³-hybridized carbons (Fsp3) is 0.167. The molecule has 1 aromatic rings. The predicted molar refractivity (Wildman–Crippen MR) is 69.8 cm³/mol. The normalized spacial score (nSPS) is 15.1. The van der Waals surface area contributed by atoms with Crippen molar-refractivity contribution in [2.75, 3.05) is 0 Å². The second kappa shape index (κ2) is 4.77. The molecule has 1 heterocycles. The first-order valence-corrected chi connectivity index (χ1v) is 5.85. The van der Waals surface area contributed by atoms with Gasteiger partial charge in [-0.3, -0.25) is 24.6 Å². The maximum Gasteiger partial charge on any atom is 0.262 e. The Morgan fingerprint density at radius 2 is 1.74 bits per heavy atom. The monoisotopic (exact) mass is 278 g/mol. The standard InChI is InChI=1S/C12H10N2O4S/c1-6(9(15)13-12(18)19)14-10(16)7-4-2-3-5-8(7)11(14)17/h2-6H,1H3,(H2,13,15,18,19). The lowest BCUT2D eigenvalue weighted by molar-refractivity contribution is -0.123. The second-order valence-electron chi connectivity index (χ2n) is 4.00. The molecule has 0 saturated carbocycles. The Labute approximate surface area is 114 Å². The van der Waals surface area contributed by atoms with Crippen LogP contribution in [0.15, 0.2) is 24.3 Å². The van der Waals surface area contributed by atoms with Crippen LogP contribution in [-0.4, -0.2) is 38.9 Å². The summed E-state index contributed by atoms with van der Waals surface area (Å²) >= 11 is 4.33. The summed E-state index contributed by atoms with van der Waals surface area (Å²) in [5.74, 6) is -1.79. The van der Waals surface area contributed by atoms with Gasteiger partial charge in [-0.05, 0) is 31.3 Å². The number of aliphatic hydroxyl groups is 1. The summed E-state index contributed by atoms with van der Waals surface area (Å²) in [5.41, 5.74) is 0.525. The molecule has 3 amide bonds. The summed E-state index contributed by atoms with van der Waals surface area (Å²) in [6.45, 7) is 1.38. The van der Waals surface area contributed by atoms with E-state index in [2.05, 4.69) is 12.2 Å². The van der Waals surface area contributed by atoms with E-state index in [-0.39, 0.29) is 11.1 Å². The van der Waals surface area contributed by atoms with E-state index in [0.717, 1.165) is 4.90 Å². The maximum atomic E-state index is 12.1. The number of benzene rings is 1. The zero-order valence-electron chi connectivity index (χ0n) is 9.91. The molecule has 1 unspecified atom stereocenters. The van der Waals surface area contributed by atoms with Crippen molar-refractivity contribution < 1.29 is 19.5 Å². The van der Waals surface area contributed by atoms with Crippen molar-refractivity contribution in [1.82, 2.24) is 10.2 Å². The van der Waals surface area contributed by atoms with Crippen molar-refractivity contribution in [2.45, 2.75) is 13.0 Å². The minimum atomic E-state index is -1.06. The third-order valence-corrected chi connectivity index (χ3v) is 2.92. The number of aliphatic hydroxyl groups excluding tert-OH is 1. The van der Waals surface area contributed by atoms with Crippen molar-refractivity contribution in [3.8, 4) is 0 Å². The van der Waals surface area contributed by atoms with E-state index in [1.807, 2.05) is 5.32 Å². The van der Waals surface area contributed by atoms with Crippen molar-refractivity contribution in [3.63, 3.8) is 0 Å². The zero-order chi connectivity index (χ0) is 14.2. The summed E-state index contributed by atoms with van der Waals surface area (Å²) in [5, 5.41) is 10.1. The van der Waals surface area contributed by atoms with Crippen LogP contribution in [0.2, 0.25) is 0 Å². The van der Waals surface area contributed by atoms with Gasteiger partial charge < -0.3 is 5.11 Å². The molecule has 1 aliphatic rings. The predicted octanol–water partition coefficient (Wildman–Crippen LogP) is 0.630. The van der Waals surface area contributed by atoms with E-state index in [4.69, 9.17) is 5.11 Å². The summed E-state index contributed by atoms with van der Waals surface area (Å²) in [6, 6.07) is 5.27. The molecule has 7 heteroatoms. The van der Waals surface area contributed by atoms with Crippen molar-refractivity contribution in [1.29, 1.82) is 0 Å². The lowest BCUT2D eigenvalue weighted by Gasteiger charge is -2.20. The second-order valence-corrected chi connectivity index (χ2v) is 4.38. The molecule has 0 bridgehead atoms. The first kappa shape index (κ1) is 13.2. The van der Waals surface area contributed by atoms with Crippen LogP contribution in [0.25, 0.3) is 0 Å². The van der Waals surface area contributed by atoms with Gasteiger partial charge in [0.1, 0.15) is 6.04 Å². The van der Waals surface area contributed by atoms with E-state index in [1.54, 1.807) is 12.1 Å². The topological polar surface area (TPSA) is 86.7 Å². The molecule has 0 saturated heterocycles. The molecule has 0 fully saturated rings. The number of rotatable bonds is 2. The Bertz CT molecular complexity index is 564. The third-order valence-electron chi connectivity index (χ3n) is 2.82. The number of nitrogens with zero attached hydrogens (tertiary/aromatic N) is 1. The number of carbonyl (C=O) groups is 3. The summed E-state index contributed by atoms with van der Waals surface area (Å²) in [7, 11) is 0. The van der Waals surface area contributed by atoms with Crippen LogP contribution in [0.1, 0.15) is 27.6 Å². The van der Waals surface area contributed by atoms with Gasteiger partial charge in [0.25, 0.3) is 17.0 Å². The molecule has 1 aliphatic heterocycles. The lowest BCUT2D eigenvalue weighted by atomic mass is 10.1. The van der Waals surface area contributed by atoms with E-state index in [1.165, 1.54) is 19.1 Å². The number of fused-ring (bicyclic) bond motifs is 1. The van der Waals surface area contributed by atoms with Crippen molar-refractivity contribution in [2.24, 2.45) is 0 Å². The number of carbonyl (C=O) groups excluding carboxylic acids is 3. The molecule has 6 nitrogen and oxygen atoms in total. The Kier molecular flexibility index (Phi) is 3.30. The van der Waals surface area contributed by atoms with E-state index in [0.29, 0.717) is 0 Å². The Hall–Kier alpha value is -2.28. The van der Waals surface area contributed by atoms with Gasteiger partial charge in [0.2, 0.25) is 5.91 Å². The highest BCUT2D eigenvalue weighted by atomic mass is 32.1. The quantitative estimate of drug-likeness (QED) is 0.612. The molecular weight excluding hydrogens is 268 g/mol. The highest BCUT2D eigenvalue weighted by Crippen LogP contribution is 2.24. The fourth-order valence-electron chi connectivity index (χ4n) is 1.89. The number of thiocarbonyl (C=S) groups is 1. The molecule has 0 aliphatic carbocycles. The van der Waals surface area contributed by atoms with E-state index >= 15 is 0 Å². The van der Waals surface area contributed by atoms with Crippen LogP contribution >= 0.6 is 12.2 Å². The molecule has 98 valence electrons. The van der Waals surface area contributed by atoms with Gasteiger partial charge in [0.05, 0.1) is 11.1 Å². The van der Waals surface area contributed by atoms with Crippen LogP contribution in [-0.2, 0) is 4.79 Å². The van der Waals surface area contributed by atoms with Gasteiger partial charge in [-0.15, -0.1) is 0 Å². The number of hydrogen-bond donors (Lipinski definition) is 2. The van der Waals surface area contributed by atoms with Gasteiger partial charge >= 0.3 is 0 Å². The van der Waals surface area contributed by atoms with Crippen molar-refractivity contribution >= 4 is 35.1 Å². The zero-order valence-corrected chi connectivity index (χ0v) is 10.7. The Morgan fingerprint density at radius 1 is 1.26 bits per heavy atom. The summed E-state index contributed by atoms with van der Waals surface area (Å²) in [6.07, 6.45) is 0. The minimum absolute atomic E-state index is 0.263. The molecule has 2 rings (SSSR count). The highest BCUT2D eigenvalue weighted by molar-refractivity contribution is 7.80. The number of nitrogens with one attached hydrogen (secondary N) is 1. The molecule has 2 N–H and O–H groups in total. The van der Waals surface area contributed by atoms with Crippen LogP contribution in [0.5, 0.6) is 0 Å². The minimum Gasteiger partial charge on any atom is -0.486 e.